The van der Waals surface area contributed by atoms with Gasteiger partial charge in [-0.1, -0.05) is 35.4 Å². The molecule has 0 saturated carbocycles. The first-order valence-corrected chi connectivity index (χ1v) is 12.2. The van der Waals surface area contributed by atoms with Crippen LogP contribution in [-0.4, -0.2) is 50.3 Å². The molecule has 1 saturated heterocycles. The number of aryl methyl sites for hydroxylation is 1. The Kier molecular flexibility index (Phi) is 7.83. The lowest BCUT2D eigenvalue weighted by Crippen LogP contribution is -2.64. The number of aliphatic imine (C=N–C) groups is 1. The summed E-state index contributed by atoms with van der Waals surface area (Å²) in [5, 5.41) is 7.02. The van der Waals surface area contributed by atoms with Gasteiger partial charge < -0.3 is 10.6 Å². The summed E-state index contributed by atoms with van der Waals surface area (Å²) in [4.78, 5) is 5.01. The van der Waals surface area contributed by atoms with Crippen molar-refractivity contribution in [1.29, 1.82) is 0 Å². The monoisotopic (exact) mass is 500 g/mol. The first-order valence-electron chi connectivity index (χ1n) is 10.3. The molecule has 6 nitrogen and oxygen atoms in total. The van der Waals surface area contributed by atoms with Gasteiger partial charge in [-0.2, -0.15) is 4.31 Å². The predicted molar refractivity (Wildman–Crippen MR) is 128 cm³/mol. The van der Waals surface area contributed by atoms with Crippen LogP contribution in [0.4, 0.5) is 4.39 Å². The van der Waals surface area contributed by atoms with Gasteiger partial charge in [0.25, 0.3) is 0 Å². The van der Waals surface area contributed by atoms with E-state index in [0.717, 1.165) is 23.5 Å². The Morgan fingerprint density at radius 3 is 2.53 bits per heavy atom. The fraction of sp³-hybridized carbons (Fsp3) is 0.409. The van der Waals surface area contributed by atoms with Crippen molar-refractivity contribution in [2.45, 2.75) is 36.7 Å². The zero-order valence-electron chi connectivity index (χ0n) is 17.8. The summed E-state index contributed by atoms with van der Waals surface area (Å²) < 4.78 is 41.0. The molecule has 1 fully saturated rings. The predicted octanol–water partition coefficient (Wildman–Crippen LogP) is 3.52. The number of sulfonamides is 1. The van der Waals surface area contributed by atoms with Gasteiger partial charge in [-0.3, -0.25) is 4.99 Å². The molecule has 0 radical (unpaired) electrons. The molecule has 0 aromatic heterocycles. The fourth-order valence-electron chi connectivity index (χ4n) is 4.14. The molecule has 2 aromatic rings. The van der Waals surface area contributed by atoms with E-state index in [1.807, 2.05) is 19.1 Å². The lowest BCUT2D eigenvalue weighted by atomic mass is 9.85. The average Bonchev–Trinajstić information content (AvgIpc) is 2.76. The van der Waals surface area contributed by atoms with Gasteiger partial charge in [0.15, 0.2) is 0 Å². The van der Waals surface area contributed by atoms with Crippen LogP contribution in [0.5, 0.6) is 0 Å². The SMILES string of the molecule is Cc1ccc(S(=O)(=O)N2CCC3(CC2)NCCN=C3NCc2ccc(F)c(Cl)c2)cc1.Cl. The second-order valence-corrected chi connectivity index (χ2v) is 10.4. The molecule has 0 unspecified atom stereocenters. The molecule has 2 aromatic carbocycles. The standard InChI is InChI=1S/C22H26ClFN4O2S.ClH/c1-16-2-5-18(6-3-16)31(29,30)28-12-8-22(9-13-28)21(25-10-11-27-22)26-15-17-4-7-20(24)19(23)14-17;/h2-7,14,27H,8-13,15H2,1H3,(H,25,26);1H. The van der Waals surface area contributed by atoms with Crippen LogP contribution < -0.4 is 10.6 Å². The minimum atomic E-state index is -3.52. The molecule has 174 valence electrons. The number of rotatable bonds is 4. The van der Waals surface area contributed by atoms with Gasteiger partial charge in [0.05, 0.1) is 22.0 Å². The van der Waals surface area contributed by atoms with Crippen LogP contribution >= 0.6 is 24.0 Å². The van der Waals surface area contributed by atoms with E-state index in [2.05, 4.69) is 15.6 Å². The van der Waals surface area contributed by atoms with Crippen LogP contribution in [0.1, 0.15) is 24.0 Å². The third kappa shape index (κ3) is 5.10. The first-order chi connectivity index (χ1) is 14.8. The van der Waals surface area contributed by atoms with Crippen LogP contribution in [0.25, 0.3) is 0 Å². The summed E-state index contributed by atoms with van der Waals surface area (Å²) in [6, 6.07) is 11.6. The van der Waals surface area contributed by atoms with Crippen LogP contribution in [0.15, 0.2) is 52.4 Å². The number of nitrogens with one attached hydrogen (secondary N) is 2. The number of halogens is 3. The van der Waals surface area contributed by atoms with Crippen molar-refractivity contribution < 1.29 is 12.8 Å². The minimum absolute atomic E-state index is 0. The fourth-order valence-corrected chi connectivity index (χ4v) is 5.78. The van der Waals surface area contributed by atoms with Gasteiger partial charge in [0, 0.05) is 26.2 Å². The van der Waals surface area contributed by atoms with Gasteiger partial charge in [0.2, 0.25) is 10.0 Å². The Labute approximate surface area is 199 Å². The lowest BCUT2D eigenvalue weighted by Gasteiger charge is -2.44. The molecule has 2 N–H and O–H groups in total. The van der Waals surface area contributed by atoms with Crippen molar-refractivity contribution in [3.63, 3.8) is 0 Å². The smallest absolute Gasteiger partial charge is 0.243 e. The number of hydrogen-bond acceptors (Lipinski definition) is 5. The van der Waals surface area contributed by atoms with E-state index >= 15 is 0 Å². The molecule has 0 aliphatic carbocycles. The zero-order valence-corrected chi connectivity index (χ0v) is 20.2. The largest absolute Gasteiger partial charge is 0.368 e. The van der Waals surface area contributed by atoms with Crippen LogP contribution in [-0.2, 0) is 16.6 Å². The van der Waals surface area contributed by atoms with E-state index in [-0.39, 0.29) is 23.0 Å². The van der Waals surface area contributed by atoms with E-state index in [9.17, 15) is 12.8 Å². The maximum Gasteiger partial charge on any atom is 0.243 e. The van der Waals surface area contributed by atoms with Crippen LogP contribution in [0.3, 0.4) is 0 Å². The van der Waals surface area contributed by atoms with Crippen molar-refractivity contribution in [2.75, 3.05) is 26.2 Å². The van der Waals surface area contributed by atoms with E-state index < -0.39 is 15.8 Å². The van der Waals surface area contributed by atoms with Crippen LogP contribution in [0, 0.1) is 12.7 Å². The number of amidine groups is 1. The molecular formula is C22H27Cl2FN4O2S. The second-order valence-electron chi connectivity index (χ2n) is 8.06. The summed E-state index contributed by atoms with van der Waals surface area (Å²) in [5.41, 5.74) is 1.49. The maximum absolute atomic E-state index is 13.4. The number of piperidine rings is 1. The Balaban J connectivity index is 0.00000289. The highest BCUT2D eigenvalue weighted by Crippen LogP contribution is 2.29. The lowest BCUT2D eigenvalue weighted by molar-refractivity contribution is 0.241. The van der Waals surface area contributed by atoms with Crippen molar-refractivity contribution in [2.24, 2.45) is 4.99 Å². The molecule has 0 atom stereocenters. The van der Waals surface area contributed by atoms with Gasteiger partial charge in [0.1, 0.15) is 11.7 Å². The van der Waals surface area contributed by atoms with Gasteiger partial charge in [-0.05, 0) is 49.6 Å². The third-order valence-corrected chi connectivity index (χ3v) is 8.18. The molecule has 0 amide bonds. The average molecular weight is 501 g/mol. The Morgan fingerprint density at radius 2 is 1.88 bits per heavy atom. The summed E-state index contributed by atoms with van der Waals surface area (Å²) in [7, 11) is -3.52. The Bertz CT molecular complexity index is 1090. The molecule has 1 spiro atoms. The van der Waals surface area contributed by atoms with E-state index in [1.54, 1.807) is 28.6 Å². The van der Waals surface area contributed by atoms with E-state index in [4.69, 9.17) is 11.6 Å². The van der Waals surface area contributed by atoms with Crippen molar-refractivity contribution in [3.05, 3.63) is 64.4 Å². The molecule has 2 aliphatic rings. The number of hydrogen-bond donors (Lipinski definition) is 2. The number of benzene rings is 2. The highest BCUT2D eigenvalue weighted by molar-refractivity contribution is 7.89. The highest BCUT2D eigenvalue weighted by Gasteiger charge is 2.43. The summed E-state index contributed by atoms with van der Waals surface area (Å²) in [6.07, 6.45) is 1.24. The highest BCUT2D eigenvalue weighted by atomic mass is 35.5. The van der Waals surface area contributed by atoms with E-state index in [0.29, 0.717) is 43.9 Å². The summed E-state index contributed by atoms with van der Waals surface area (Å²) >= 11 is 5.89. The first kappa shape index (κ1) is 24.9. The second kappa shape index (κ2) is 10.1. The maximum atomic E-state index is 13.4. The van der Waals surface area contributed by atoms with Crippen molar-refractivity contribution in [1.82, 2.24) is 14.9 Å². The third-order valence-electron chi connectivity index (χ3n) is 5.98. The van der Waals surface area contributed by atoms with Gasteiger partial charge >= 0.3 is 0 Å². The summed E-state index contributed by atoms with van der Waals surface area (Å²) in [6.45, 7) is 4.62. The minimum Gasteiger partial charge on any atom is -0.368 e. The molecule has 2 aliphatic heterocycles. The van der Waals surface area contributed by atoms with Gasteiger partial charge in [-0.15, -0.1) is 12.4 Å². The normalized spacial score (nSPS) is 18.7. The molecule has 32 heavy (non-hydrogen) atoms. The van der Waals surface area contributed by atoms with Crippen molar-refractivity contribution >= 4 is 39.9 Å². The zero-order chi connectivity index (χ0) is 22.1. The van der Waals surface area contributed by atoms with Crippen molar-refractivity contribution in [3.8, 4) is 0 Å². The molecule has 2 heterocycles. The van der Waals surface area contributed by atoms with E-state index in [1.165, 1.54) is 6.07 Å². The number of nitrogens with zero attached hydrogens (tertiary/aromatic N) is 2. The molecule has 0 bridgehead atoms. The van der Waals surface area contributed by atoms with Gasteiger partial charge in [-0.25, -0.2) is 12.8 Å². The molecule has 4 rings (SSSR count). The molecular weight excluding hydrogens is 474 g/mol. The van der Waals surface area contributed by atoms with Crippen LogP contribution in [0.2, 0.25) is 5.02 Å². The Hall–Kier alpha value is -1.71. The topological polar surface area (TPSA) is 73.8 Å². The molecule has 10 heteroatoms. The Morgan fingerprint density at radius 1 is 1.19 bits per heavy atom. The summed E-state index contributed by atoms with van der Waals surface area (Å²) in [5.74, 6) is 0.382. The quantitative estimate of drug-likeness (QED) is 0.673.